The van der Waals surface area contributed by atoms with Crippen LogP contribution in [-0.2, 0) is 4.79 Å². The molecule has 4 rings (SSSR count). The zero-order valence-electron chi connectivity index (χ0n) is 21.6. The number of anilines is 2. The van der Waals surface area contributed by atoms with Gasteiger partial charge in [0.05, 0.1) is 35.1 Å². The van der Waals surface area contributed by atoms with Crippen LogP contribution in [0.4, 0.5) is 11.4 Å². The lowest BCUT2D eigenvalue weighted by Gasteiger charge is -2.26. The molecule has 4 N–H and O–H groups in total. The second kappa shape index (κ2) is 11.1. The maximum absolute atomic E-state index is 12.4. The first-order valence-corrected chi connectivity index (χ1v) is 12.0. The van der Waals surface area contributed by atoms with Gasteiger partial charge in [0.2, 0.25) is 0 Å². The van der Waals surface area contributed by atoms with Crippen molar-refractivity contribution in [2.45, 2.75) is 26.4 Å². The van der Waals surface area contributed by atoms with E-state index in [0.29, 0.717) is 39.7 Å². The number of carboxylic acid groups (broad SMARTS) is 1. The van der Waals surface area contributed by atoms with Gasteiger partial charge in [0.1, 0.15) is 11.8 Å². The van der Waals surface area contributed by atoms with Crippen LogP contribution < -0.4 is 20.1 Å². The molecule has 0 unspecified atom stereocenters. The number of carbonyl (C=O) groups excluding carboxylic acids is 1. The molecule has 0 atom stereocenters. The highest BCUT2D eigenvalue weighted by molar-refractivity contribution is 5.96. The molecule has 0 aliphatic carbocycles. The molecular weight excluding hydrogens is 502 g/mol. The normalized spacial score (nSPS) is 11.1. The Hall–Kier alpha value is -5.08. The van der Waals surface area contributed by atoms with Gasteiger partial charge in [-0.2, -0.15) is 10.4 Å². The van der Waals surface area contributed by atoms with Crippen LogP contribution in [0.25, 0.3) is 5.52 Å². The van der Waals surface area contributed by atoms with E-state index in [1.807, 2.05) is 0 Å². The van der Waals surface area contributed by atoms with Crippen LogP contribution in [0.3, 0.4) is 0 Å². The molecule has 0 saturated carbocycles. The van der Waals surface area contributed by atoms with Crippen molar-refractivity contribution in [3.05, 3.63) is 77.6 Å². The Labute approximate surface area is 224 Å². The average Bonchev–Trinajstić information content (AvgIpc) is 3.26. The van der Waals surface area contributed by atoms with E-state index < -0.39 is 11.6 Å². The number of amides is 1. The molecule has 39 heavy (non-hydrogen) atoms. The van der Waals surface area contributed by atoms with Gasteiger partial charge in [-0.3, -0.25) is 4.79 Å². The molecule has 0 spiro atoms. The molecule has 0 aliphatic rings. The van der Waals surface area contributed by atoms with Gasteiger partial charge < -0.3 is 30.3 Å². The van der Waals surface area contributed by atoms with Crippen molar-refractivity contribution >= 4 is 28.8 Å². The lowest BCUT2D eigenvalue weighted by Crippen LogP contribution is -2.47. The molecule has 2 heterocycles. The lowest BCUT2D eigenvalue weighted by atomic mass is 10.1. The van der Waals surface area contributed by atoms with Crippen LogP contribution in [0, 0.1) is 18.3 Å². The highest BCUT2D eigenvalue weighted by atomic mass is 16.5. The van der Waals surface area contributed by atoms with Crippen molar-refractivity contribution < 1.29 is 29.3 Å². The summed E-state index contributed by atoms with van der Waals surface area (Å²) < 4.78 is 13.4. The number of nitrogens with one attached hydrogen (secondary N) is 2. The van der Waals surface area contributed by atoms with Crippen molar-refractivity contribution in [2.24, 2.45) is 0 Å². The number of aromatic nitrogens is 2. The van der Waals surface area contributed by atoms with Gasteiger partial charge in [0, 0.05) is 18.4 Å². The van der Waals surface area contributed by atoms with Crippen molar-refractivity contribution in [2.75, 3.05) is 18.5 Å². The summed E-state index contributed by atoms with van der Waals surface area (Å²) in [5.74, 6) is -0.208. The predicted molar refractivity (Wildman–Crippen MR) is 143 cm³/mol. The van der Waals surface area contributed by atoms with Crippen LogP contribution in [0.5, 0.6) is 17.2 Å². The summed E-state index contributed by atoms with van der Waals surface area (Å²) >= 11 is 0. The van der Waals surface area contributed by atoms with Crippen LogP contribution in [-0.4, -0.2) is 50.5 Å². The molecule has 2 aromatic carbocycles. The molecule has 0 bridgehead atoms. The van der Waals surface area contributed by atoms with Crippen molar-refractivity contribution in [3.63, 3.8) is 0 Å². The third-order valence-corrected chi connectivity index (χ3v) is 5.92. The molecule has 11 nitrogen and oxygen atoms in total. The van der Waals surface area contributed by atoms with E-state index in [-0.39, 0.29) is 30.2 Å². The van der Waals surface area contributed by atoms with Crippen LogP contribution >= 0.6 is 0 Å². The fraction of sp³-hybridized carbons (Fsp3) is 0.214. The number of para-hydroxylation sites is 2. The van der Waals surface area contributed by atoms with Crippen molar-refractivity contribution in [1.82, 2.24) is 14.9 Å². The van der Waals surface area contributed by atoms with Crippen molar-refractivity contribution in [1.29, 1.82) is 5.26 Å². The van der Waals surface area contributed by atoms with Crippen LogP contribution in [0.2, 0.25) is 0 Å². The first kappa shape index (κ1) is 27.0. The Morgan fingerprint density at radius 3 is 2.46 bits per heavy atom. The number of carbonyl (C=O) groups is 2. The summed E-state index contributed by atoms with van der Waals surface area (Å²) in [6.07, 6.45) is 2.79. The zero-order chi connectivity index (χ0) is 28.2. The standard InChI is InChI=1S/C28H27N5O6/c1-17-21(26(35)36)16-33-25(17)24(18(14-29)15-31-33)32-19-8-10-20(11-9-19)38-22-6-4-5-7-23(22)39-28(2,3)27(37)30-12-13-34/h4-11,15-16,32,34H,12-13H2,1-3H3,(H,30,37)(H,35,36). The molecular formula is C28H27N5O6. The van der Waals surface area contributed by atoms with E-state index in [0.717, 1.165) is 0 Å². The number of aromatic carboxylic acids is 1. The first-order valence-electron chi connectivity index (χ1n) is 12.0. The molecule has 0 radical (unpaired) electrons. The maximum Gasteiger partial charge on any atom is 0.337 e. The van der Waals surface area contributed by atoms with E-state index in [1.54, 1.807) is 69.3 Å². The minimum absolute atomic E-state index is 0.0966. The van der Waals surface area contributed by atoms with Gasteiger partial charge in [-0.1, -0.05) is 12.1 Å². The number of nitrogens with zero attached hydrogens (tertiary/aromatic N) is 3. The molecule has 0 aliphatic heterocycles. The quantitative estimate of drug-likeness (QED) is 0.238. The lowest BCUT2D eigenvalue weighted by molar-refractivity contribution is -0.134. The molecule has 2 aromatic heterocycles. The largest absolute Gasteiger partial charge is 0.478 e. The number of rotatable bonds is 10. The van der Waals surface area contributed by atoms with Gasteiger partial charge in [-0.15, -0.1) is 0 Å². The molecule has 4 aromatic rings. The highest BCUT2D eigenvalue weighted by Crippen LogP contribution is 2.35. The van der Waals surface area contributed by atoms with Crippen LogP contribution in [0.15, 0.2) is 60.9 Å². The zero-order valence-corrected chi connectivity index (χ0v) is 21.6. The number of carboxylic acids is 1. The monoisotopic (exact) mass is 529 g/mol. The third-order valence-electron chi connectivity index (χ3n) is 5.92. The minimum atomic E-state index is -1.21. The Kier molecular flexibility index (Phi) is 7.69. The van der Waals surface area contributed by atoms with Gasteiger partial charge >= 0.3 is 5.97 Å². The molecule has 0 fully saturated rings. The minimum Gasteiger partial charge on any atom is -0.478 e. The fourth-order valence-corrected chi connectivity index (χ4v) is 3.92. The summed E-state index contributed by atoms with van der Waals surface area (Å²) in [4.78, 5) is 24.0. The number of benzene rings is 2. The van der Waals surface area contributed by atoms with E-state index in [9.17, 15) is 20.0 Å². The second-order valence-electron chi connectivity index (χ2n) is 9.10. The number of nitriles is 1. The smallest absolute Gasteiger partial charge is 0.337 e. The summed E-state index contributed by atoms with van der Waals surface area (Å²) in [7, 11) is 0. The van der Waals surface area contributed by atoms with E-state index in [2.05, 4.69) is 21.8 Å². The Bertz CT molecular complexity index is 1570. The number of aliphatic hydroxyl groups excluding tert-OH is 1. The second-order valence-corrected chi connectivity index (χ2v) is 9.10. The fourth-order valence-electron chi connectivity index (χ4n) is 3.92. The van der Waals surface area contributed by atoms with Crippen molar-refractivity contribution in [3.8, 4) is 23.3 Å². The van der Waals surface area contributed by atoms with Crippen LogP contribution in [0.1, 0.15) is 35.3 Å². The summed E-state index contributed by atoms with van der Waals surface area (Å²) in [6.45, 7) is 4.85. The topological polar surface area (TPSA) is 158 Å². The third kappa shape index (κ3) is 5.76. The number of aliphatic hydroxyl groups is 1. The van der Waals surface area contributed by atoms with Gasteiger partial charge in [0.25, 0.3) is 5.91 Å². The van der Waals surface area contributed by atoms with Gasteiger partial charge in [0.15, 0.2) is 17.1 Å². The number of fused-ring (bicyclic) bond motifs is 1. The number of hydrogen-bond donors (Lipinski definition) is 4. The molecule has 0 saturated heterocycles. The molecule has 11 heteroatoms. The highest BCUT2D eigenvalue weighted by Gasteiger charge is 2.30. The van der Waals surface area contributed by atoms with Gasteiger partial charge in [-0.05, 0) is 62.7 Å². The maximum atomic E-state index is 12.4. The Morgan fingerprint density at radius 2 is 1.82 bits per heavy atom. The first-order chi connectivity index (χ1) is 18.6. The molecule has 200 valence electrons. The number of hydrogen-bond acceptors (Lipinski definition) is 8. The summed E-state index contributed by atoms with van der Waals surface area (Å²) in [5, 5.41) is 38.1. The van der Waals surface area contributed by atoms with E-state index in [4.69, 9.17) is 14.6 Å². The summed E-state index contributed by atoms with van der Waals surface area (Å²) in [6, 6.07) is 16.0. The Balaban J connectivity index is 1.56. The van der Waals surface area contributed by atoms with Gasteiger partial charge in [-0.25, -0.2) is 9.31 Å². The average molecular weight is 530 g/mol. The summed E-state index contributed by atoms with van der Waals surface area (Å²) in [5.41, 5.74) is 1.19. The van der Waals surface area contributed by atoms with E-state index >= 15 is 0 Å². The van der Waals surface area contributed by atoms with E-state index in [1.165, 1.54) is 16.9 Å². The number of ether oxygens (including phenoxy) is 2. The molecule has 1 amide bonds. The Morgan fingerprint density at radius 1 is 1.13 bits per heavy atom. The number of aryl methyl sites for hydroxylation is 1. The SMILES string of the molecule is Cc1c(C(=O)O)cn2ncc(C#N)c(Nc3ccc(Oc4ccccc4OC(C)(C)C(=O)NCCO)cc3)c12. The predicted octanol–water partition coefficient (Wildman–Crippen LogP) is 4.01.